The molecular formula is C15H33N3O2S. The minimum Gasteiger partial charge on any atom is -0.316 e. The molecule has 0 aliphatic carbocycles. The molecule has 2 N–H and O–H groups in total. The Bertz CT molecular complexity index is 378. The van der Waals surface area contributed by atoms with Gasteiger partial charge in [-0.3, -0.25) is 0 Å². The van der Waals surface area contributed by atoms with Gasteiger partial charge in [-0.15, -0.1) is 0 Å². The topological polar surface area (TPSA) is 61.4 Å². The maximum absolute atomic E-state index is 12.4. The van der Waals surface area contributed by atoms with E-state index in [0.717, 1.165) is 38.8 Å². The smallest absolute Gasteiger partial charge is 0.279 e. The van der Waals surface area contributed by atoms with Crippen LogP contribution in [0.2, 0.25) is 0 Å². The van der Waals surface area contributed by atoms with Crippen LogP contribution in [-0.2, 0) is 10.2 Å². The Balaban J connectivity index is 2.41. The molecule has 0 aromatic carbocycles. The molecule has 1 aliphatic heterocycles. The zero-order chi connectivity index (χ0) is 15.9. The van der Waals surface area contributed by atoms with Crippen LogP contribution in [0.3, 0.4) is 0 Å². The van der Waals surface area contributed by atoms with Gasteiger partial charge >= 0.3 is 0 Å². The Morgan fingerprint density at radius 3 is 2.33 bits per heavy atom. The van der Waals surface area contributed by atoms with Gasteiger partial charge in [0.2, 0.25) is 0 Å². The molecule has 1 aliphatic rings. The molecule has 1 saturated heterocycles. The standard InChI is InChI=1S/C15H33N3O2S/c1-5-9-16-12-15-7-10-18(11-8-15)21(19,20)17-14(4)13(3)6-2/h13-17H,5-12H2,1-4H3. The number of hydrogen-bond donors (Lipinski definition) is 2. The number of hydrogen-bond acceptors (Lipinski definition) is 3. The van der Waals surface area contributed by atoms with Crippen molar-refractivity contribution < 1.29 is 8.42 Å². The Morgan fingerprint density at radius 2 is 1.81 bits per heavy atom. The van der Waals surface area contributed by atoms with Crippen LogP contribution in [-0.4, -0.2) is 44.9 Å². The Kier molecular flexibility index (Phi) is 8.16. The fraction of sp³-hybridized carbons (Fsp3) is 1.00. The lowest BCUT2D eigenvalue weighted by molar-refractivity contribution is 0.262. The maximum atomic E-state index is 12.4. The van der Waals surface area contributed by atoms with Crippen molar-refractivity contribution >= 4 is 10.2 Å². The first kappa shape index (κ1) is 18.9. The molecule has 0 bridgehead atoms. The summed E-state index contributed by atoms with van der Waals surface area (Å²) in [6.45, 7) is 11.6. The third-order valence-corrected chi connectivity index (χ3v) is 6.32. The third-order valence-electron chi connectivity index (χ3n) is 4.61. The fourth-order valence-electron chi connectivity index (χ4n) is 2.62. The van der Waals surface area contributed by atoms with Gasteiger partial charge in [0.15, 0.2) is 0 Å². The Morgan fingerprint density at radius 1 is 1.19 bits per heavy atom. The molecule has 0 aromatic rings. The van der Waals surface area contributed by atoms with E-state index in [-0.39, 0.29) is 6.04 Å². The van der Waals surface area contributed by atoms with Gasteiger partial charge in [0.05, 0.1) is 0 Å². The van der Waals surface area contributed by atoms with Gasteiger partial charge in [-0.25, -0.2) is 0 Å². The maximum Gasteiger partial charge on any atom is 0.279 e. The van der Waals surface area contributed by atoms with Crippen molar-refractivity contribution in [1.29, 1.82) is 0 Å². The van der Waals surface area contributed by atoms with Gasteiger partial charge in [0.1, 0.15) is 0 Å². The van der Waals surface area contributed by atoms with Crippen molar-refractivity contribution in [3.8, 4) is 0 Å². The summed E-state index contributed by atoms with van der Waals surface area (Å²) in [6.07, 6.45) is 4.03. The summed E-state index contributed by atoms with van der Waals surface area (Å²) in [7, 11) is -3.32. The molecule has 0 spiro atoms. The molecule has 0 amide bonds. The highest BCUT2D eigenvalue weighted by atomic mass is 32.2. The lowest BCUT2D eigenvalue weighted by atomic mass is 9.98. The molecule has 0 radical (unpaired) electrons. The lowest BCUT2D eigenvalue weighted by Gasteiger charge is -2.33. The molecule has 0 saturated carbocycles. The van der Waals surface area contributed by atoms with Crippen LogP contribution in [0.1, 0.15) is 53.4 Å². The van der Waals surface area contributed by atoms with Crippen molar-refractivity contribution in [2.45, 2.75) is 59.4 Å². The number of nitrogens with zero attached hydrogens (tertiary/aromatic N) is 1. The van der Waals surface area contributed by atoms with Crippen LogP contribution in [0.25, 0.3) is 0 Å². The zero-order valence-corrected chi connectivity index (χ0v) is 14.9. The van der Waals surface area contributed by atoms with Gasteiger partial charge < -0.3 is 5.32 Å². The van der Waals surface area contributed by atoms with E-state index in [9.17, 15) is 8.42 Å². The zero-order valence-electron chi connectivity index (χ0n) is 14.1. The van der Waals surface area contributed by atoms with E-state index >= 15 is 0 Å². The molecule has 1 fully saturated rings. The SMILES string of the molecule is CCCNCC1CCN(S(=O)(=O)NC(C)C(C)CC)CC1. The number of nitrogens with one attached hydrogen (secondary N) is 2. The molecule has 5 nitrogen and oxygen atoms in total. The fourth-order valence-corrected chi connectivity index (χ4v) is 4.16. The molecule has 1 rings (SSSR count). The number of piperidine rings is 1. The second-order valence-corrected chi connectivity index (χ2v) is 8.05. The first-order chi connectivity index (χ1) is 9.90. The monoisotopic (exact) mass is 319 g/mol. The van der Waals surface area contributed by atoms with Gasteiger partial charge in [-0.1, -0.05) is 27.2 Å². The van der Waals surface area contributed by atoms with E-state index in [1.165, 1.54) is 0 Å². The highest BCUT2D eigenvalue weighted by molar-refractivity contribution is 7.87. The molecule has 6 heteroatoms. The molecule has 0 aromatic heterocycles. The van der Waals surface area contributed by atoms with E-state index in [4.69, 9.17) is 0 Å². The van der Waals surface area contributed by atoms with Gasteiger partial charge in [0, 0.05) is 19.1 Å². The van der Waals surface area contributed by atoms with Gasteiger partial charge in [0.25, 0.3) is 10.2 Å². The first-order valence-corrected chi connectivity index (χ1v) is 9.82. The van der Waals surface area contributed by atoms with Crippen LogP contribution in [0.4, 0.5) is 0 Å². The molecule has 2 atom stereocenters. The summed E-state index contributed by atoms with van der Waals surface area (Å²) < 4.78 is 29.2. The number of rotatable bonds is 9. The van der Waals surface area contributed by atoms with E-state index < -0.39 is 10.2 Å². The van der Waals surface area contributed by atoms with Crippen LogP contribution in [0, 0.1) is 11.8 Å². The quantitative estimate of drug-likeness (QED) is 0.639. The average Bonchev–Trinajstić information content (AvgIpc) is 2.46. The summed E-state index contributed by atoms with van der Waals surface area (Å²) in [5, 5.41) is 3.43. The highest BCUT2D eigenvalue weighted by Gasteiger charge is 2.29. The predicted octanol–water partition coefficient (Wildman–Crippen LogP) is 1.97. The van der Waals surface area contributed by atoms with Crippen molar-refractivity contribution in [1.82, 2.24) is 14.3 Å². The lowest BCUT2D eigenvalue weighted by Crippen LogP contribution is -2.49. The third kappa shape index (κ3) is 6.22. The van der Waals surface area contributed by atoms with Crippen LogP contribution in [0.15, 0.2) is 0 Å². The molecular weight excluding hydrogens is 286 g/mol. The molecule has 21 heavy (non-hydrogen) atoms. The van der Waals surface area contributed by atoms with Crippen molar-refractivity contribution in [3.63, 3.8) is 0 Å². The first-order valence-electron chi connectivity index (χ1n) is 8.38. The van der Waals surface area contributed by atoms with Gasteiger partial charge in [-0.05, 0) is 51.1 Å². The largest absolute Gasteiger partial charge is 0.316 e. The normalized spacial score (nSPS) is 21.3. The van der Waals surface area contributed by atoms with E-state index in [1.807, 2.05) is 6.92 Å². The highest BCUT2D eigenvalue weighted by Crippen LogP contribution is 2.19. The Hall–Kier alpha value is -0.170. The van der Waals surface area contributed by atoms with Crippen molar-refractivity contribution in [3.05, 3.63) is 0 Å². The van der Waals surface area contributed by atoms with Crippen LogP contribution in [0.5, 0.6) is 0 Å². The van der Waals surface area contributed by atoms with Crippen LogP contribution >= 0.6 is 0 Å². The van der Waals surface area contributed by atoms with E-state index in [2.05, 4.69) is 30.8 Å². The predicted molar refractivity (Wildman–Crippen MR) is 88.4 cm³/mol. The van der Waals surface area contributed by atoms with Crippen LogP contribution < -0.4 is 10.0 Å². The minimum absolute atomic E-state index is 0.0102. The average molecular weight is 320 g/mol. The van der Waals surface area contributed by atoms with Crippen molar-refractivity contribution in [2.24, 2.45) is 11.8 Å². The second-order valence-electron chi connectivity index (χ2n) is 6.34. The molecule has 126 valence electrons. The Labute approximate surface area is 131 Å². The summed E-state index contributed by atoms with van der Waals surface area (Å²) >= 11 is 0. The molecule has 1 heterocycles. The van der Waals surface area contributed by atoms with Gasteiger partial charge in [-0.2, -0.15) is 17.4 Å². The summed E-state index contributed by atoms with van der Waals surface area (Å²) in [4.78, 5) is 0. The minimum atomic E-state index is -3.32. The second kappa shape index (κ2) is 9.08. The molecule has 2 unspecified atom stereocenters. The summed E-state index contributed by atoms with van der Waals surface area (Å²) in [5.41, 5.74) is 0. The van der Waals surface area contributed by atoms with E-state index in [0.29, 0.717) is 24.9 Å². The van der Waals surface area contributed by atoms with E-state index in [1.54, 1.807) is 4.31 Å². The van der Waals surface area contributed by atoms with Crippen molar-refractivity contribution in [2.75, 3.05) is 26.2 Å². The summed E-state index contributed by atoms with van der Waals surface area (Å²) in [6, 6.07) is -0.0102. The summed E-state index contributed by atoms with van der Waals surface area (Å²) in [5.74, 6) is 0.963.